The number of nitrogen functional groups attached to an aromatic ring is 1. The van der Waals surface area contributed by atoms with Gasteiger partial charge in [0.2, 0.25) is 0 Å². The van der Waals surface area contributed by atoms with Crippen molar-refractivity contribution < 1.29 is 14.2 Å². The van der Waals surface area contributed by atoms with Crippen molar-refractivity contribution in [3.63, 3.8) is 0 Å². The number of benzene rings is 1. The lowest BCUT2D eigenvalue weighted by Crippen LogP contribution is -2.02. The summed E-state index contributed by atoms with van der Waals surface area (Å²) in [5.74, 6) is 0.415. The van der Waals surface area contributed by atoms with Crippen LogP contribution in [0.5, 0.6) is 23.8 Å². The van der Waals surface area contributed by atoms with E-state index in [4.69, 9.17) is 19.9 Å². The predicted molar refractivity (Wildman–Crippen MR) is 71.6 cm³/mol. The maximum Gasteiger partial charge on any atom is 0.331 e. The van der Waals surface area contributed by atoms with Crippen LogP contribution < -0.4 is 19.9 Å². The zero-order chi connectivity index (χ0) is 13.8. The average molecular weight is 327 g/mol. The Hall–Kier alpha value is -2.09. The van der Waals surface area contributed by atoms with Crippen LogP contribution in [-0.4, -0.2) is 29.2 Å². The molecule has 1 aromatic carbocycles. The van der Waals surface area contributed by atoms with Crippen molar-refractivity contribution in [3.8, 4) is 23.8 Å². The van der Waals surface area contributed by atoms with Gasteiger partial charge in [0.15, 0.2) is 5.75 Å². The van der Waals surface area contributed by atoms with Gasteiger partial charge in [-0.2, -0.15) is 0 Å². The lowest BCUT2D eigenvalue weighted by molar-refractivity contribution is 0.320. The molecule has 0 bridgehead atoms. The van der Waals surface area contributed by atoms with E-state index in [-0.39, 0.29) is 18.0 Å². The van der Waals surface area contributed by atoms with E-state index in [9.17, 15) is 0 Å². The highest BCUT2D eigenvalue weighted by atomic mass is 79.9. The molecule has 0 aliphatic rings. The Morgan fingerprint density at radius 3 is 2.11 bits per heavy atom. The minimum atomic E-state index is 0.0299. The summed E-state index contributed by atoms with van der Waals surface area (Å²) in [6.45, 7) is 0. The van der Waals surface area contributed by atoms with Crippen LogP contribution in [0.15, 0.2) is 22.7 Å². The van der Waals surface area contributed by atoms with Gasteiger partial charge in [0.25, 0.3) is 0 Å². The normalized spacial score (nSPS) is 10.1. The minimum Gasteiger partial charge on any atom is -0.467 e. The minimum absolute atomic E-state index is 0.0299. The first-order valence-corrected chi connectivity index (χ1v) is 5.99. The highest BCUT2D eigenvalue weighted by Crippen LogP contribution is 2.34. The topological polar surface area (TPSA) is 92.4 Å². The standard InChI is InChI=1S/C11H11BrN4O3/c1-17-9-14-10(18-2)16-11(15-9)19-8-6(12)4-3-5-7(8)13/h3-5H,13H2,1-2H3. The largest absolute Gasteiger partial charge is 0.467 e. The molecule has 1 heterocycles. The average Bonchev–Trinajstić information content (AvgIpc) is 2.42. The van der Waals surface area contributed by atoms with E-state index in [1.165, 1.54) is 14.2 Å². The Balaban J connectivity index is 2.37. The van der Waals surface area contributed by atoms with Crippen LogP contribution in [-0.2, 0) is 0 Å². The Kier molecular flexibility index (Phi) is 4.00. The number of hydrogen-bond donors (Lipinski definition) is 1. The number of aromatic nitrogens is 3. The molecule has 0 unspecified atom stereocenters. The number of hydrogen-bond acceptors (Lipinski definition) is 7. The molecule has 2 rings (SSSR count). The molecule has 0 spiro atoms. The van der Waals surface area contributed by atoms with Crippen molar-refractivity contribution in [2.45, 2.75) is 0 Å². The van der Waals surface area contributed by atoms with Crippen molar-refractivity contribution in [2.75, 3.05) is 20.0 Å². The molecule has 0 saturated heterocycles. The maximum atomic E-state index is 5.82. The van der Waals surface area contributed by atoms with E-state index in [0.717, 1.165) is 0 Å². The molecule has 2 aromatic rings. The molecule has 0 saturated carbocycles. The third-order valence-corrected chi connectivity index (χ3v) is 2.75. The molecular weight excluding hydrogens is 316 g/mol. The zero-order valence-corrected chi connectivity index (χ0v) is 11.8. The van der Waals surface area contributed by atoms with E-state index < -0.39 is 0 Å². The van der Waals surface area contributed by atoms with Gasteiger partial charge in [-0.3, -0.25) is 0 Å². The van der Waals surface area contributed by atoms with Crippen LogP contribution in [0.3, 0.4) is 0 Å². The Labute approximate surface area is 117 Å². The molecule has 0 fully saturated rings. The van der Waals surface area contributed by atoms with Crippen molar-refractivity contribution in [1.29, 1.82) is 0 Å². The second-order valence-electron chi connectivity index (χ2n) is 3.35. The fraction of sp³-hybridized carbons (Fsp3) is 0.182. The van der Waals surface area contributed by atoms with E-state index in [1.807, 2.05) is 0 Å². The Bertz CT molecular complexity index is 552. The van der Waals surface area contributed by atoms with Gasteiger partial charge in [0, 0.05) is 0 Å². The number of nitrogens with zero attached hydrogens (tertiary/aromatic N) is 3. The molecule has 0 atom stereocenters. The van der Waals surface area contributed by atoms with E-state index >= 15 is 0 Å². The zero-order valence-electron chi connectivity index (χ0n) is 10.3. The molecule has 0 aliphatic heterocycles. The highest BCUT2D eigenvalue weighted by molar-refractivity contribution is 9.10. The summed E-state index contributed by atoms with van der Waals surface area (Å²) < 4.78 is 16.1. The first-order valence-electron chi connectivity index (χ1n) is 5.20. The summed E-state index contributed by atoms with van der Waals surface area (Å²) in [7, 11) is 2.87. The van der Waals surface area contributed by atoms with Gasteiger partial charge in [-0.1, -0.05) is 6.07 Å². The van der Waals surface area contributed by atoms with Crippen LogP contribution in [0.2, 0.25) is 0 Å². The van der Waals surface area contributed by atoms with Crippen LogP contribution >= 0.6 is 15.9 Å². The van der Waals surface area contributed by atoms with Gasteiger partial charge in [-0.25, -0.2) is 0 Å². The van der Waals surface area contributed by atoms with Crippen LogP contribution in [0.25, 0.3) is 0 Å². The summed E-state index contributed by atoms with van der Waals surface area (Å²) in [4.78, 5) is 11.8. The quantitative estimate of drug-likeness (QED) is 0.859. The second-order valence-corrected chi connectivity index (χ2v) is 4.21. The summed E-state index contributed by atoms with van der Waals surface area (Å²) in [5.41, 5.74) is 6.27. The van der Waals surface area contributed by atoms with Crippen molar-refractivity contribution in [3.05, 3.63) is 22.7 Å². The fourth-order valence-corrected chi connectivity index (χ4v) is 1.74. The predicted octanol–water partition coefficient (Wildman–Crippen LogP) is 2.03. The van der Waals surface area contributed by atoms with Crippen LogP contribution in [0.1, 0.15) is 0 Å². The Morgan fingerprint density at radius 2 is 1.58 bits per heavy atom. The van der Waals surface area contributed by atoms with Gasteiger partial charge in [0.05, 0.1) is 24.4 Å². The number of halogens is 1. The van der Waals surface area contributed by atoms with Crippen molar-refractivity contribution in [2.24, 2.45) is 0 Å². The van der Waals surface area contributed by atoms with Gasteiger partial charge in [-0.15, -0.1) is 15.0 Å². The molecule has 0 amide bonds. The van der Waals surface area contributed by atoms with Crippen LogP contribution in [0, 0.1) is 0 Å². The van der Waals surface area contributed by atoms with Gasteiger partial charge in [-0.05, 0) is 28.1 Å². The molecule has 0 radical (unpaired) electrons. The number of anilines is 1. The maximum absolute atomic E-state index is 5.82. The number of methoxy groups -OCH3 is 2. The van der Waals surface area contributed by atoms with Gasteiger partial charge >= 0.3 is 18.0 Å². The first kappa shape index (κ1) is 13.3. The highest BCUT2D eigenvalue weighted by Gasteiger charge is 2.12. The third-order valence-electron chi connectivity index (χ3n) is 2.13. The number of nitrogens with two attached hydrogens (primary N) is 1. The second kappa shape index (κ2) is 5.70. The molecule has 8 heteroatoms. The lowest BCUT2D eigenvalue weighted by Gasteiger charge is -2.09. The fourth-order valence-electron chi connectivity index (χ4n) is 1.27. The number of para-hydroxylation sites is 1. The SMILES string of the molecule is COc1nc(OC)nc(Oc2c(N)cccc2Br)n1. The van der Waals surface area contributed by atoms with E-state index in [2.05, 4.69) is 30.9 Å². The van der Waals surface area contributed by atoms with E-state index in [0.29, 0.717) is 15.9 Å². The molecule has 19 heavy (non-hydrogen) atoms. The smallest absolute Gasteiger partial charge is 0.331 e. The molecule has 0 aliphatic carbocycles. The molecular formula is C11H11BrN4O3. The van der Waals surface area contributed by atoms with Crippen molar-refractivity contribution >= 4 is 21.6 Å². The van der Waals surface area contributed by atoms with E-state index in [1.54, 1.807) is 18.2 Å². The number of rotatable bonds is 4. The molecule has 7 nitrogen and oxygen atoms in total. The molecule has 100 valence electrons. The van der Waals surface area contributed by atoms with Gasteiger partial charge < -0.3 is 19.9 Å². The monoisotopic (exact) mass is 326 g/mol. The summed E-state index contributed by atoms with van der Waals surface area (Å²) in [6, 6.07) is 5.50. The molecule has 1 aromatic heterocycles. The summed E-state index contributed by atoms with van der Waals surface area (Å²) in [5, 5.41) is 0. The van der Waals surface area contributed by atoms with Crippen LogP contribution in [0.4, 0.5) is 5.69 Å². The molecule has 2 N–H and O–H groups in total. The van der Waals surface area contributed by atoms with Crippen molar-refractivity contribution in [1.82, 2.24) is 15.0 Å². The Morgan fingerprint density at radius 1 is 1.00 bits per heavy atom. The van der Waals surface area contributed by atoms with Gasteiger partial charge in [0.1, 0.15) is 0 Å². The number of ether oxygens (including phenoxy) is 3. The lowest BCUT2D eigenvalue weighted by atomic mass is 10.3. The first-order chi connectivity index (χ1) is 9.13. The third kappa shape index (κ3) is 3.02. The summed E-state index contributed by atoms with van der Waals surface area (Å²) in [6.07, 6.45) is 0. The summed E-state index contributed by atoms with van der Waals surface area (Å²) >= 11 is 3.34.